The largest absolute Gasteiger partial charge is 0.388 e. The molecule has 104 valence electrons. The Hall–Kier alpha value is -2.01. The lowest BCUT2D eigenvalue weighted by atomic mass is 9.86. The van der Waals surface area contributed by atoms with E-state index in [9.17, 15) is 0 Å². The predicted octanol–water partition coefficient (Wildman–Crippen LogP) is 3.15. The third-order valence-corrected chi connectivity index (χ3v) is 3.11. The van der Waals surface area contributed by atoms with Crippen molar-refractivity contribution in [2.45, 2.75) is 26.2 Å². The summed E-state index contributed by atoms with van der Waals surface area (Å²) in [5.41, 5.74) is 8.39. The van der Waals surface area contributed by atoms with Crippen molar-refractivity contribution in [3.8, 4) is 0 Å². The third kappa shape index (κ3) is 3.11. The van der Waals surface area contributed by atoms with E-state index in [1.54, 1.807) is 12.4 Å². The Kier molecular flexibility index (Phi) is 3.99. The lowest BCUT2D eigenvalue weighted by Crippen LogP contribution is -2.17. The van der Waals surface area contributed by atoms with Crippen molar-refractivity contribution in [3.63, 3.8) is 0 Å². The van der Waals surface area contributed by atoms with Gasteiger partial charge in [-0.1, -0.05) is 51.2 Å². The Morgan fingerprint density at radius 2 is 1.80 bits per heavy atom. The first-order valence-electron chi connectivity index (χ1n) is 6.37. The molecular formula is C15H18N4S. The summed E-state index contributed by atoms with van der Waals surface area (Å²) in [5, 5.41) is 3.29. The van der Waals surface area contributed by atoms with Crippen molar-refractivity contribution in [2.75, 3.05) is 5.32 Å². The van der Waals surface area contributed by atoms with E-state index in [0.29, 0.717) is 11.5 Å². The number of anilines is 2. The van der Waals surface area contributed by atoms with Gasteiger partial charge in [0.15, 0.2) is 5.82 Å². The minimum absolute atomic E-state index is 0.0230. The molecule has 2 aromatic rings. The summed E-state index contributed by atoms with van der Waals surface area (Å²) >= 11 is 5.01. The van der Waals surface area contributed by atoms with Gasteiger partial charge in [0.1, 0.15) is 10.7 Å². The molecule has 1 heterocycles. The highest BCUT2D eigenvalue weighted by Crippen LogP contribution is 2.31. The summed E-state index contributed by atoms with van der Waals surface area (Å²) < 4.78 is 0. The van der Waals surface area contributed by atoms with Gasteiger partial charge >= 0.3 is 0 Å². The fourth-order valence-corrected chi connectivity index (χ4v) is 2.13. The number of rotatable bonds is 3. The molecule has 0 aliphatic carbocycles. The Balaban J connectivity index is 2.44. The van der Waals surface area contributed by atoms with Crippen LogP contribution in [0, 0.1) is 0 Å². The van der Waals surface area contributed by atoms with Gasteiger partial charge in [-0.3, -0.25) is 0 Å². The van der Waals surface area contributed by atoms with Crippen LogP contribution >= 0.6 is 12.2 Å². The van der Waals surface area contributed by atoms with Crippen molar-refractivity contribution in [3.05, 3.63) is 47.9 Å². The van der Waals surface area contributed by atoms with E-state index in [-0.39, 0.29) is 10.4 Å². The molecular weight excluding hydrogens is 268 g/mol. The van der Waals surface area contributed by atoms with E-state index in [2.05, 4.69) is 42.1 Å². The molecule has 3 N–H and O–H groups in total. The zero-order valence-electron chi connectivity index (χ0n) is 11.8. The van der Waals surface area contributed by atoms with E-state index in [1.165, 1.54) is 5.56 Å². The second-order valence-electron chi connectivity index (χ2n) is 5.54. The third-order valence-electron chi connectivity index (χ3n) is 2.92. The highest BCUT2D eigenvalue weighted by molar-refractivity contribution is 7.80. The molecule has 0 saturated heterocycles. The SMILES string of the molecule is CC(C)(C)c1ccccc1Nc1nccnc1C(N)=S. The first-order chi connectivity index (χ1) is 9.39. The molecule has 0 atom stereocenters. The fraction of sp³-hybridized carbons (Fsp3) is 0.267. The number of benzene rings is 1. The molecule has 0 saturated carbocycles. The van der Waals surface area contributed by atoms with Crippen molar-refractivity contribution in [2.24, 2.45) is 5.73 Å². The van der Waals surface area contributed by atoms with Gasteiger partial charge in [0, 0.05) is 18.1 Å². The molecule has 2 rings (SSSR count). The van der Waals surface area contributed by atoms with Crippen LogP contribution in [0.1, 0.15) is 32.0 Å². The molecule has 1 aromatic heterocycles. The van der Waals surface area contributed by atoms with Gasteiger partial charge in [0.05, 0.1) is 0 Å². The monoisotopic (exact) mass is 286 g/mol. The van der Waals surface area contributed by atoms with Crippen LogP contribution in [-0.4, -0.2) is 15.0 Å². The first kappa shape index (κ1) is 14.4. The average molecular weight is 286 g/mol. The summed E-state index contributed by atoms with van der Waals surface area (Å²) in [6.07, 6.45) is 3.19. The molecule has 0 bridgehead atoms. The molecule has 0 spiro atoms. The fourth-order valence-electron chi connectivity index (χ4n) is 1.98. The quantitative estimate of drug-likeness (QED) is 0.849. The highest BCUT2D eigenvalue weighted by Gasteiger charge is 2.18. The van der Waals surface area contributed by atoms with Crippen molar-refractivity contribution >= 4 is 28.7 Å². The molecule has 5 heteroatoms. The van der Waals surface area contributed by atoms with Crippen molar-refractivity contribution in [1.29, 1.82) is 0 Å². The standard InChI is InChI=1S/C15H18N4S/c1-15(2,3)10-6-4-5-7-11(10)19-14-12(13(16)20)17-8-9-18-14/h4-9H,1-3H3,(H2,16,20)(H,18,19). The number of hydrogen-bond acceptors (Lipinski definition) is 4. The molecule has 0 radical (unpaired) electrons. The van der Waals surface area contributed by atoms with Gasteiger partial charge < -0.3 is 11.1 Å². The smallest absolute Gasteiger partial charge is 0.159 e. The van der Waals surface area contributed by atoms with Crippen LogP contribution in [0.25, 0.3) is 0 Å². The maximum atomic E-state index is 5.68. The summed E-state index contributed by atoms with van der Waals surface area (Å²) in [4.78, 5) is 8.68. The maximum Gasteiger partial charge on any atom is 0.159 e. The van der Waals surface area contributed by atoms with E-state index >= 15 is 0 Å². The highest BCUT2D eigenvalue weighted by atomic mass is 32.1. The summed E-state index contributed by atoms with van der Waals surface area (Å²) in [7, 11) is 0. The number of nitrogens with zero attached hydrogens (tertiary/aromatic N) is 2. The van der Waals surface area contributed by atoms with E-state index in [0.717, 1.165) is 5.69 Å². The number of nitrogens with two attached hydrogens (primary N) is 1. The second kappa shape index (κ2) is 5.54. The maximum absolute atomic E-state index is 5.68. The van der Waals surface area contributed by atoms with Crippen LogP contribution in [-0.2, 0) is 5.41 Å². The Morgan fingerprint density at radius 1 is 1.15 bits per heavy atom. The second-order valence-corrected chi connectivity index (χ2v) is 5.98. The Labute approximate surface area is 124 Å². The number of hydrogen-bond donors (Lipinski definition) is 2. The molecule has 1 aromatic carbocycles. The van der Waals surface area contributed by atoms with Crippen LogP contribution in [0.4, 0.5) is 11.5 Å². The summed E-state index contributed by atoms with van der Waals surface area (Å²) in [6, 6.07) is 8.11. The number of aromatic nitrogens is 2. The van der Waals surface area contributed by atoms with Gasteiger partial charge in [0.2, 0.25) is 0 Å². The minimum Gasteiger partial charge on any atom is -0.388 e. The van der Waals surface area contributed by atoms with Crippen LogP contribution in [0.15, 0.2) is 36.7 Å². The van der Waals surface area contributed by atoms with E-state index < -0.39 is 0 Å². The lowest BCUT2D eigenvalue weighted by molar-refractivity contribution is 0.592. The zero-order valence-corrected chi connectivity index (χ0v) is 12.7. The first-order valence-corrected chi connectivity index (χ1v) is 6.78. The number of thiocarbonyl (C=S) groups is 1. The molecule has 0 fully saturated rings. The van der Waals surface area contributed by atoms with E-state index in [4.69, 9.17) is 18.0 Å². The predicted molar refractivity (Wildman–Crippen MR) is 86.3 cm³/mol. The number of nitrogens with one attached hydrogen (secondary N) is 1. The Morgan fingerprint density at radius 3 is 2.45 bits per heavy atom. The Bertz CT molecular complexity index is 632. The topological polar surface area (TPSA) is 63.8 Å². The van der Waals surface area contributed by atoms with Gasteiger partial charge in [-0.15, -0.1) is 0 Å². The van der Waals surface area contributed by atoms with Crippen LogP contribution in [0.2, 0.25) is 0 Å². The summed E-state index contributed by atoms with van der Waals surface area (Å²) in [6.45, 7) is 6.50. The normalized spacial score (nSPS) is 11.2. The minimum atomic E-state index is 0.0230. The van der Waals surface area contributed by atoms with Crippen LogP contribution in [0.5, 0.6) is 0 Å². The van der Waals surface area contributed by atoms with Gasteiger partial charge in [-0.25, -0.2) is 9.97 Å². The van der Waals surface area contributed by atoms with Crippen LogP contribution in [0.3, 0.4) is 0 Å². The summed E-state index contributed by atoms with van der Waals surface area (Å²) in [5.74, 6) is 0.580. The molecule has 0 unspecified atom stereocenters. The molecule has 0 aliphatic heterocycles. The lowest BCUT2D eigenvalue weighted by Gasteiger charge is -2.23. The molecule has 4 nitrogen and oxygen atoms in total. The molecule has 0 amide bonds. The van der Waals surface area contributed by atoms with Gasteiger partial charge in [-0.2, -0.15) is 0 Å². The van der Waals surface area contributed by atoms with Crippen LogP contribution < -0.4 is 11.1 Å². The number of para-hydroxylation sites is 1. The van der Waals surface area contributed by atoms with Crippen molar-refractivity contribution in [1.82, 2.24) is 9.97 Å². The van der Waals surface area contributed by atoms with Gasteiger partial charge in [-0.05, 0) is 17.0 Å². The van der Waals surface area contributed by atoms with Crippen molar-refractivity contribution < 1.29 is 0 Å². The van der Waals surface area contributed by atoms with E-state index in [1.807, 2.05) is 18.2 Å². The average Bonchev–Trinajstić information content (AvgIpc) is 2.38. The molecule has 20 heavy (non-hydrogen) atoms. The van der Waals surface area contributed by atoms with Gasteiger partial charge in [0.25, 0.3) is 0 Å². The zero-order chi connectivity index (χ0) is 14.8. The molecule has 0 aliphatic rings.